The fourth-order valence-corrected chi connectivity index (χ4v) is 3.36. The summed E-state index contributed by atoms with van der Waals surface area (Å²) in [5.41, 5.74) is 8.64. The van der Waals surface area contributed by atoms with Crippen LogP contribution in [0.2, 0.25) is 0 Å². The van der Waals surface area contributed by atoms with E-state index in [1.54, 1.807) is 4.90 Å². The Kier molecular flexibility index (Phi) is 3.10. The maximum atomic E-state index is 12.5. The van der Waals surface area contributed by atoms with Crippen molar-refractivity contribution in [3.63, 3.8) is 0 Å². The Morgan fingerprint density at radius 2 is 2.32 bits per heavy atom. The molecule has 0 aromatic heterocycles. The molecule has 19 heavy (non-hydrogen) atoms. The summed E-state index contributed by atoms with van der Waals surface area (Å²) in [4.78, 5) is 25.4. The van der Waals surface area contributed by atoms with Crippen LogP contribution in [-0.4, -0.2) is 29.5 Å². The van der Waals surface area contributed by atoms with Crippen LogP contribution >= 0.6 is 11.8 Å². The normalized spacial score (nSPS) is 22.0. The average Bonchev–Trinajstić information content (AvgIpc) is 2.85. The Bertz CT molecular complexity index is 547. The maximum Gasteiger partial charge on any atom is 0.279 e. The Labute approximate surface area is 115 Å². The second-order valence-corrected chi connectivity index (χ2v) is 5.73. The van der Waals surface area contributed by atoms with Crippen LogP contribution in [-0.2, 0) is 11.2 Å². The van der Waals surface area contributed by atoms with E-state index in [0.29, 0.717) is 12.3 Å². The second-order valence-electron chi connectivity index (χ2n) is 4.73. The average molecular weight is 277 g/mol. The van der Waals surface area contributed by atoms with E-state index >= 15 is 0 Å². The molecule has 5 nitrogen and oxygen atoms in total. The van der Waals surface area contributed by atoms with Gasteiger partial charge in [0.05, 0.1) is 0 Å². The fraction of sp³-hybridized carbons (Fsp3) is 0.385. The number of hydrogen-bond donors (Lipinski definition) is 2. The third-order valence-electron chi connectivity index (χ3n) is 3.52. The van der Waals surface area contributed by atoms with Crippen LogP contribution in [0.15, 0.2) is 18.2 Å². The molecule has 2 aliphatic rings. The van der Waals surface area contributed by atoms with Crippen molar-refractivity contribution in [2.75, 3.05) is 22.9 Å². The maximum absolute atomic E-state index is 12.5. The number of nitrogens with zero attached hydrogens (tertiary/aromatic N) is 1. The van der Waals surface area contributed by atoms with E-state index in [1.165, 1.54) is 0 Å². The molecule has 0 saturated carbocycles. The summed E-state index contributed by atoms with van der Waals surface area (Å²) in [6.45, 7) is 0.687. The van der Waals surface area contributed by atoms with Gasteiger partial charge in [-0.15, -0.1) is 0 Å². The van der Waals surface area contributed by atoms with Crippen molar-refractivity contribution in [1.82, 2.24) is 5.32 Å². The van der Waals surface area contributed by atoms with Crippen LogP contribution in [0.1, 0.15) is 12.0 Å². The molecule has 1 atom stereocenters. The molecule has 2 heterocycles. The molecule has 0 spiro atoms. The number of fused-ring (bicyclic) bond motifs is 1. The van der Waals surface area contributed by atoms with E-state index in [-0.39, 0.29) is 11.1 Å². The standard InChI is InChI=1S/C13H15N3O2S/c14-9-4-1-5-11-8(9)3-2-6-16(11)12(17)10-7-19-13(18)15-10/h1,4-5,10H,2-3,6-7,14H2,(H,15,18)/t10-/m0/s1. The molecule has 0 radical (unpaired) electrons. The molecule has 1 aromatic carbocycles. The highest BCUT2D eigenvalue weighted by Crippen LogP contribution is 2.32. The number of nitrogens with two attached hydrogens (primary N) is 1. The minimum atomic E-state index is -0.412. The third kappa shape index (κ3) is 2.16. The summed E-state index contributed by atoms with van der Waals surface area (Å²) in [5, 5.41) is 2.58. The van der Waals surface area contributed by atoms with Crippen LogP contribution in [0.4, 0.5) is 16.2 Å². The van der Waals surface area contributed by atoms with Crippen LogP contribution in [0.3, 0.4) is 0 Å². The molecule has 1 fully saturated rings. The number of benzene rings is 1. The molecule has 2 aliphatic heterocycles. The smallest absolute Gasteiger partial charge is 0.279 e. The van der Waals surface area contributed by atoms with Gasteiger partial charge in [-0.2, -0.15) is 0 Å². The Morgan fingerprint density at radius 3 is 3.05 bits per heavy atom. The highest BCUT2D eigenvalue weighted by atomic mass is 32.2. The first kappa shape index (κ1) is 12.3. The number of hydrogen-bond acceptors (Lipinski definition) is 4. The van der Waals surface area contributed by atoms with Gasteiger partial charge >= 0.3 is 0 Å². The molecule has 1 saturated heterocycles. The number of carbonyl (C=O) groups is 2. The van der Waals surface area contributed by atoms with Gasteiger partial charge in [-0.3, -0.25) is 9.59 Å². The quantitative estimate of drug-likeness (QED) is 0.760. The molecular formula is C13H15N3O2S. The van der Waals surface area contributed by atoms with Crippen LogP contribution in [0.5, 0.6) is 0 Å². The summed E-state index contributed by atoms with van der Waals surface area (Å²) < 4.78 is 0. The number of nitrogens with one attached hydrogen (secondary N) is 1. The molecule has 6 heteroatoms. The van der Waals surface area contributed by atoms with Gasteiger partial charge in [0.1, 0.15) is 6.04 Å². The molecule has 0 unspecified atom stereocenters. The molecular weight excluding hydrogens is 262 g/mol. The van der Waals surface area contributed by atoms with Gasteiger partial charge in [-0.25, -0.2) is 0 Å². The predicted molar refractivity (Wildman–Crippen MR) is 76.3 cm³/mol. The molecule has 3 N–H and O–H groups in total. The van der Waals surface area contributed by atoms with Gasteiger partial charge in [0, 0.05) is 23.7 Å². The molecule has 2 amide bonds. The van der Waals surface area contributed by atoms with Crippen molar-refractivity contribution in [2.45, 2.75) is 18.9 Å². The minimum absolute atomic E-state index is 0.0371. The first-order valence-corrected chi connectivity index (χ1v) is 7.27. The number of anilines is 2. The Balaban J connectivity index is 1.89. The number of thioether (sulfide) groups is 1. The minimum Gasteiger partial charge on any atom is -0.398 e. The zero-order valence-corrected chi connectivity index (χ0v) is 11.2. The summed E-state index contributed by atoms with van der Waals surface area (Å²) in [6.07, 6.45) is 1.80. The van der Waals surface area contributed by atoms with Gasteiger partial charge in [-0.05, 0) is 30.5 Å². The number of rotatable bonds is 1. The summed E-state index contributed by atoms with van der Waals surface area (Å²) >= 11 is 1.16. The van der Waals surface area contributed by atoms with Crippen LogP contribution < -0.4 is 16.0 Å². The molecule has 0 bridgehead atoms. The van der Waals surface area contributed by atoms with E-state index in [0.717, 1.165) is 41.5 Å². The Morgan fingerprint density at radius 1 is 1.47 bits per heavy atom. The lowest BCUT2D eigenvalue weighted by Gasteiger charge is -2.31. The topological polar surface area (TPSA) is 75.4 Å². The lowest BCUT2D eigenvalue weighted by atomic mass is 9.99. The molecule has 100 valence electrons. The van der Waals surface area contributed by atoms with Crippen molar-refractivity contribution in [3.8, 4) is 0 Å². The van der Waals surface area contributed by atoms with Gasteiger partial charge in [0.15, 0.2) is 0 Å². The van der Waals surface area contributed by atoms with Gasteiger partial charge in [-0.1, -0.05) is 17.8 Å². The second kappa shape index (κ2) is 4.77. The number of nitrogen functional groups attached to an aromatic ring is 1. The summed E-state index contributed by atoms with van der Waals surface area (Å²) in [6, 6.07) is 5.24. The summed E-state index contributed by atoms with van der Waals surface area (Å²) in [7, 11) is 0. The van der Waals surface area contributed by atoms with E-state index in [2.05, 4.69) is 5.32 Å². The van der Waals surface area contributed by atoms with Crippen molar-refractivity contribution in [3.05, 3.63) is 23.8 Å². The number of amides is 2. The highest BCUT2D eigenvalue weighted by molar-refractivity contribution is 8.14. The molecule has 0 aliphatic carbocycles. The first-order chi connectivity index (χ1) is 9.16. The largest absolute Gasteiger partial charge is 0.398 e. The van der Waals surface area contributed by atoms with Crippen molar-refractivity contribution in [1.29, 1.82) is 0 Å². The lowest BCUT2D eigenvalue weighted by molar-refractivity contribution is -0.119. The fourth-order valence-electron chi connectivity index (χ4n) is 2.59. The van der Waals surface area contributed by atoms with E-state index in [9.17, 15) is 9.59 Å². The van der Waals surface area contributed by atoms with Crippen LogP contribution in [0, 0.1) is 0 Å². The first-order valence-electron chi connectivity index (χ1n) is 6.29. The lowest BCUT2D eigenvalue weighted by Crippen LogP contribution is -2.47. The zero-order valence-electron chi connectivity index (χ0n) is 10.4. The van der Waals surface area contributed by atoms with Gasteiger partial charge in [0.2, 0.25) is 5.91 Å². The highest BCUT2D eigenvalue weighted by Gasteiger charge is 2.34. The van der Waals surface area contributed by atoms with E-state index in [4.69, 9.17) is 5.73 Å². The van der Waals surface area contributed by atoms with Gasteiger partial charge in [0.25, 0.3) is 5.24 Å². The molecule has 1 aromatic rings. The van der Waals surface area contributed by atoms with Crippen molar-refractivity contribution >= 4 is 34.3 Å². The predicted octanol–water partition coefficient (Wildman–Crippen LogP) is 1.37. The number of carbonyl (C=O) groups excluding carboxylic acids is 2. The third-order valence-corrected chi connectivity index (χ3v) is 4.40. The van der Waals surface area contributed by atoms with E-state index in [1.807, 2.05) is 18.2 Å². The van der Waals surface area contributed by atoms with Crippen molar-refractivity contribution < 1.29 is 9.59 Å². The van der Waals surface area contributed by atoms with E-state index < -0.39 is 6.04 Å². The summed E-state index contributed by atoms with van der Waals surface area (Å²) in [5.74, 6) is 0.469. The van der Waals surface area contributed by atoms with Crippen LogP contribution in [0.25, 0.3) is 0 Å². The monoisotopic (exact) mass is 277 g/mol. The van der Waals surface area contributed by atoms with Gasteiger partial charge < -0.3 is 16.0 Å². The molecule has 3 rings (SSSR count). The SMILES string of the molecule is Nc1cccc2c1CCCN2C(=O)[C@@H]1CSC(=O)N1. The Hall–Kier alpha value is -1.69. The van der Waals surface area contributed by atoms with Crippen molar-refractivity contribution in [2.24, 2.45) is 0 Å². The zero-order chi connectivity index (χ0) is 13.4.